The van der Waals surface area contributed by atoms with E-state index in [-0.39, 0.29) is 17.4 Å². The first-order valence-electron chi connectivity index (χ1n) is 10.7. The Kier molecular flexibility index (Phi) is 6.16. The lowest BCUT2D eigenvalue weighted by Gasteiger charge is -2.49. The van der Waals surface area contributed by atoms with E-state index in [0.29, 0.717) is 13.0 Å². The predicted molar refractivity (Wildman–Crippen MR) is 117 cm³/mol. The van der Waals surface area contributed by atoms with Crippen LogP contribution in [-0.4, -0.2) is 54.6 Å². The van der Waals surface area contributed by atoms with E-state index in [0.717, 1.165) is 43.9 Å². The second kappa shape index (κ2) is 8.98. The van der Waals surface area contributed by atoms with Crippen LogP contribution in [0.15, 0.2) is 60.7 Å². The number of hydrogen-bond acceptors (Lipinski definition) is 4. The number of nitrogens with one attached hydrogen (secondary N) is 1. The van der Waals surface area contributed by atoms with E-state index in [1.54, 1.807) is 0 Å². The summed E-state index contributed by atoms with van der Waals surface area (Å²) >= 11 is 0. The minimum Gasteiger partial charge on any atom is -0.360 e. The van der Waals surface area contributed by atoms with E-state index >= 15 is 0 Å². The summed E-state index contributed by atoms with van der Waals surface area (Å²) in [5.74, 6) is 0.0525. The fourth-order valence-electron chi connectivity index (χ4n) is 4.34. The Morgan fingerprint density at radius 3 is 2.37 bits per heavy atom. The summed E-state index contributed by atoms with van der Waals surface area (Å²) in [6.45, 7) is 4.89. The highest BCUT2D eigenvalue weighted by atomic mass is 16.5. The molecule has 2 aromatic rings. The first kappa shape index (κ1) is 20.6. The number of para-hydroxylation sites is 2. The first-order chi connectivity index (χ1) is 14.5. The number of rotatable bonds is 5. The maximum atomic E-state index is 12.7. The zero-order valence-corrected chi connectivity index (χ0v) is 17.4. The van der Waals surface area contributed by atoms with Gasteiger partial charge in [-0.05, 0) is 44.0 Å². The molecule has 0 radical (unpaired) electrons. The van der Waals surface area contributed by atoms with Crippen molar-refractivity contribution in [2.75, 3.05) is 36.4 Å². The van der Waals surface area contributed by atoms with Gasteiger partial charge < -0.3 is 19.9 Å². The highest BCUT2D eigenvalue weighted by Crippen LogP contribution is 2.35. The van der Waals surface area contributed by atoms with Crippen molar-refractivity contribution in [1.29, 1.82) is 0 Å². The molecule has 2 saturated heterocycles. The molecule has 0 aromatic heterocycles. The summed E-state index contributed by atoms with van der Waals surface area (Å²) < 4.78 is 6.23. The maximum Gasteiger partial charge on any atom is 0.255 e. The predicted octanol–water partition coefficient (Wildman–Crippen LogP) is 3.30. The monoisotopic (exact) mass is 407 g/mol. The number of anilines is 2. The van der Waals surface area contributed by atoms with Gasteiger partial charge in [0.05, 0.1) is 12.1 Å². The minimum atomic E-state index is -0.442. The number of likely N-dealkylation sites (tertiary alicyclic amines) is 1. The van der Waals surface area contributed by atoms with Crippen molar-refractivity contribution >= 4 is 23.2 Å². The van der Waals surface area contributed by atoms with Crippen LogP contribution in [0, 0.1) is 0 Å². The van der Waals surface area contributed by atoms with Gasteiger partial charge in [0.25, 0.3) is 5.91 Å². The van der Waals surface area contributed by atoms with Crippen molar-refractivity contribution in [3.05, 3.63) is 60.7 Å². The van der Waals surface area contributed by atoms with E-state index in [4.69, 9.17) is 4.74 Å². The van der Waals surface area contributed by atoms with Crippen LogP contribution in [0.1, 0.15) is 26.2 Å². The molecule has 2 heterocycles. The van der Waals surface area contributed by atoms with Gasteiger partial charge in [-0.3, -0.25) is 9.59 Å². The number of carbonyl (C=O) groups excluding carboxylic acids is 2. The van der Waals surface area contributed by atoms with Crippen LogP contribution in [-0.2, 0) is 14.3 Å². The lowest BCUT2D eigenvalue weighted by atomic mass is 9.88. The Labute approximate surface area is 177 Å². The normalized spacial score (nSPS) is 21.6. The summed E-state index contributed by atoms with van der Waals surface area (Å²) in [5.41, 5.74) is 1.44. The molecule has 0 aliphatic carbocycles. The van der Waals surface area contributed by atoms with Crippen LogP contribution in [0.5, 0.6) is 0 Å². The van der Waals surface area contributed by atoms with Crippen LogP contribution in [0.3, 0.4) is 0 Å². The second-order valence-corrected chi connectivity index (χ2v) is 8.21. The molecule has 2 fully saturated rings. The van der Waals surface area contributed by atoms with Crippen LogP contribution >= 0.6 is 0 Å². The number of benzene rings is 2. The summed E-state index contributed by atoms with van der Waals surface area (Å²) in [6, 6.07) is 19.4. The largest absolute Gasteiger partial charge is 0.360 e. The van der Waals surface area contributed by atoms with Gasteiger partial charge in [0, 0.05) is 37.4 Å². The van der Waals surface area contributed by atoms with E-state index in [1.165, 1.54) is 0 Å². The SMILES string of the molecule is CC1OC2(CCN(CCC(=O)Nc3ccccc3)CC2)CN(c2ccccc2)C1=O. The number of ether oxygens (including phenoxy) is 1. The second-order valence-electron chi connectivity index (χ2n) is 8.21. The van der Waals surface area contributed by atoms with Gasteiger partial charge in [-0.2, -0.15) is 0 Å². The number of hydrogen-bond donors (Lipinski definition) is 1. The molecule has 1 spiro atoms. The molecule has 158 valence electrons. The molecular formula is C24H29N3O3. The maximum absolute atomic E-state index is 12.7. The zero-order valence-electron chi connectivity index (χ0n) is 17.4. The molecule has 1 unspecified atom stereocenters. The fourth-order valence-corrected chi connectivity index (χ4v) is 4.34. The Morgan fingerprint density at radius 1 is 1.07 bits per heavy atom. The number of amides is 2. The van der Waals surface area contributed by atoms with Gasteiger partial charge in [-0.25, -0.2) is 0 Å². The van der Waals surface area contributed by atoms with Crippen LogP contribution in [0.25, 0.3) is 0 Å². The smallest absolute Gasteiger partial charge is 0.255 e. The number of carbonyl (C=O) groups is 2. The van der Waals surface area contributed by atoms with E-state index in [1.807, 2.05) is 72.5 Å². The standard InChI is InChI=1S/C24H29N3O3/c1-19-23(29)27(21-10-6-3-7-11-21)18-24(30-19)13-16-26(17-14-24)15-12-22(28)25-20-8-4-2-5-9-20/h2-11,19H,12-18H2,1H3,(H,25,28). The molecule has 0 bridgehead atoms. The third kappa shape index (κ3) is 4.71. The first-order valence-corrected chi connectivity index (χ1v) is 10.7. The van der Waals surface area contributed by atoms with E-state index in [9.17, 15) is 9.59 Å². The fraction of sp³-hybridized carbons (Fsp3) is 0.417. The zero-order chi connectivity index (χ0) is 21.0. The third-order valence-electron chi connectivity index (χ3n) is 6.03. The lowest BCUT2D eigenvalue weighted by molar-refractivity contribution is -0.161. The molecule has 2 amide bonds. The Hall–Kier alpha value is -2.70. The third-order valence-corrected chi connectivity index (χ3v) is 6.03. The van der Waals surface area contributed by atoms with Crippen LogP contribution in [0.2, 0.25) is 0 Å². The molecule has 2 aliphatic rings. The van der Waals surface area contributed by atoms with Gasteiger partial charge in [-0.15, -0.1) is 0 Å². The van der Waals surface area contributed by atoms with Crippen molar-refractivity contribution in [2.24, 2.45) is 0 Å². The van der Waals surface area contributed by atoms with Gasteiger partial charge >= 0.3 is 0 Å². The average Bonchev–Trinajstić information content (AvgIpc) is 2.77. The van der Waals surface area contributed by atoms with Gasteiger partial charge in [-0.1, -0.05) is 36.4 Å². The number of morpholine rings is 1. The van der Waals surface area contributed by atoms with Crippen molar-refractivity contribution in [3.63, 3.8) is 0 Å². The van der Waals surface area contributed by atoms with Crippen molar-refractivity contribution < 1.29 is 14.3 Å². The minimum absolute atomic E-state index is 0.0202. The van der Waals surface area contributed by atoms with Gasteiger partial charge in [0.2, 0.25) is 5.91 Å². The molecule has 4 rings (SSSR count). The lowest BCUT2D eigenvalue weighted by Crippen LogP contribution is -2.61. The molecule has 2 aliphatic heterocycles. The van der Waals surface area contributed by atoms with Gasteiger partial charge in [0.15, 0.2) is 0 Å². The molecule has 0 saturated carbocycles. The highest BCUT2D eigenvalue weighted by molar-refractivity contribution is 5.97. The van der Waals surface area contributed by atoms with Crippen molar-refractivity contribution in [2.45, 2.75) is 37.9 Å². The Morgan fingerprint density at radius 2 is 1.70 bits per heavy atom. The van der Waals surface area contributed by atoms with Crippen molar-refractivity contribution in [3.8, 4) is 0 Å². The summed E-state index contributed by atoms with van der Waals surface area (Å²) in [7, 11) is 0. The van der Waals surface area contributed by atoms with Crippen LogP contribution in [0.4, 0.5) is 11.4 Å². The summed E-state index contributed by atoms with van der Waals surface area (Å²) in [6.07, 6.45) is 1.73. The average molecular weight is 408 g/mol. The number of nitrogens with zero attached hydrogens (tertiary/aromatic N) is 2. The van der Waals surface area contributed by atoms with Gasteiger partial charge in [0.1, 0.15) is 6.10 Å². The number of piperidine rings is 1. The molecule has 30 heavy (non-hydrogen) atoms. The molecule has 6 nitrogen and oxygen atoms in total. The van der Waals surface area contributed by atoms with E-state index in [2.05, 4.69) is 10.2 Å². The molecule has 2 aromatic carbocycles. The Bertz CT molecular complexity index is 864. The molecular weight excluding hydrogens is 378 g/mol. The highest BCUT2D eigenvalue weighted by Gasteiger charge is 2.45. The van der Waals surface area contributed by atoms with Crippen LogP contribution < -0.4 is 10.2 Å². The Balaban J connectivity index is 1.31. The summed E-state index contributed by atoms with van der Waals surface area (Å²) in [5, 5.41) is 2.94. The quantitative estimate of drug-likeness (QED) is 0.826. The van der Waals surface area contributed by atoms with Crippen molar-refractivity contribution in [1.82, 2.24) is 4.90 Å². The molecule has 6 heteroatoms. The topological polar surface area (TPSA) is 61.9 Å². The molecule has 1 N–H and O–H groups in total. The van der Waals surface area contributed by atoms with E-state index < -0.39 is 6.10 Å². The summed E-state index contributed by atoms with van der Waals surface area (Å²) in [4.78, 5) is 29.1. The molecule has 1 atom stereocenters.